The molecule has 2 aromatic carbocycles. The van der Waals surface area contributed by atoms with Gasteiger partial charge in [0.1, 0.15) is 5.75 Å². The number of urea groups is 1. The summed E-state index contributed by atoms with van der Waals surface area (Å²) in [5.41, 5.74) is 2.52. The molecule has 2 aliphatic heterocycles. The normalized spacial score (nSPS) is 18.0. The van der Waals surface area contributed by atoms with Gasteiger partial charge in [-0.1, -0.05) is 42.5 Å². The third kappa shape index (κ3) is 4.66. The number of carbonyl (C=O) groups is 1. The Morgan fingerprint density at radius 3 is 2.17 bits per heavy atom. The second-order valence-corrected chi connectivity index (χ2v) is 8.05. The van der Waals surface area contributed by atoms with E-state index in [0.717, 1.165) is 70.0 Å². The maximum absolute atomic E-state index is 13.0. The molecule has 29 heavy (non-hydrogen) atoms. The smallest absolute Gasteiger partial charge is 0.320 e. The number of ether oxygens (including phenoxy) is 1. The molecule has 0 aliphatic carbocycles. The van der Waals surface area contributed by atoms with Crippen LogP contribution in [0.1, 0.15) is 18.4 Å². The topological polar surface area (TPSA) is 36.0 Å². The van der Waals surface area contributed by atoms with Crippen molar-refractivity contribution in [3.05, 3.63) is 60.2 Å². The van der Waals surface area contributed by atoms with Crippen LogP contribution in [0.2, 0.25) is 0 Å². The summed E-state index contributed by atoms with van der Waals surface area (Å²) in [6, 6.07) is 19.0. The molecule has 0 radical (unpaired) electrons. The van der Waals surface area contributed by atoms with Crippen molar-refractivity contribution in [2.45, 2.75) is 19.3 Å². The molecule has 0 bridgehead atoms. The van der Waals surface area contributed by atoms with Crippen molar-refractivity contribution in [1.29, 1.82) is 0 Å². The first-order valence-electron chi connectivity index (χ1n) is 10.7. The second-order valence-electron chi connectivity index (χ2n) is 8.05. The molecule has 0 aromatic heterocycles. The van der Waals surface area contributed by atoms with Crippen LogP contribution in [0.15, 0.2) is 54.6 Å². The lowest BCUT2D eigenvalue weighted by molar-refractivity contribution is 0.130. The van der Waals surface area contributed by atoms with Gasteiger partial charge in [-0.15, -0.1) is 0 Å². The van der Waals surface area contributed by atoms with Gasteiger partial charge in [0.05, 0.1) is 12.8 Å². The Morgan fingerprint density at radius 2 is 1.48 bits per heavy atom. The van der Waals surface area contributed by atoms with Crippen LogP contribution in [0.25, 0.3) is 0 Å². The minimum atomic E-state index is 0.211. The van der Waals surface area contributed by atoms with Crippen LogP contribution in [0.3, 0.4) is 0 Å². The van der Waals surface area contributed by atoms with Gasteiger partial charge in [0.2, 0.25) is 0 Å². The average molecular weight is 394 g/mol. The molecule has 2 aliphatic rings. The summed E-state index contributed by atoms with van der Waals surface area (Å²) in [5.74, 6) is 1.58. The highest BCUT2D eigenvalue weighted by Gasteiger charge is 2.29. The Morgan fingerprint density at radius 1 is 0.862 bits per heavy atom. The number of piperazine rings is 1. The fraction of sp³-hybridized carbons (Fsp3) is 0.458. The molecule has 0 N–H and O–H groups in total. The van der Waals surface area contributed by atoms with E-state index in [9.17, 15) is 4.79 Å². The molecule has 2 heterocycles. The van der Waals surface area contributed by atoms with Gasteiger partial charge < -0.3 is 19.4 Å². The van der Waals surface area contributed by atoms with E-state index in [1.807, 2.05) is 23.1 Å². The molecule has 5 heteroatoms. The van der Waals surface area contributed by atoms with E-state index in [4.69, 9.17) is 4.74 Å². The molecular weight excluding hydrogens is 362 g/mol. The Labute approximate surface area is 173 Å². The molecule has 2 fully saturated rings. The minimum Gasteiger partial charge on any atom is -0.495 e. The molecule has 0 unspecified atom stereocenters. The van der Waals surface area contributed by atoms with Crippen LogP contribution in [-0.2, 0) is 6.42 Å². The standard InChI is InChI=1S/C24H31N3O2/c1-29-23-10-6-5-9-22(23)25-15-17-27(18-16-25)24(28)26-13-11-21(12-14-26)19-20-7-3-2-4-8-20/h2-10,21H,11-19H2,1H3. The van der Waals surface area contributed by atoms with Gasteiger partial charge >= 0.3 is 6.03 Å². The van der Waals surface area contributed by atoms with Crippen molar-refractivity contribution in [2.75, 3.05) is 51.3 Å². The van der Waals surface area contributed by atoms with Crippen LogP contribution in [-0.4, -0.2) is 62.2 Å². The molecular formula is C24H31N3O2. The number of hydrogen-bond donors (Lipinski definition) is 0. The van der Waals surface area contributed by atoms with Crippen LogP contribution in [0.5, 0.6) is 5.75 Å². The summed E-state index contributed by atoms with van der Waals surface area (Å²) in [4.78, 5) is 19.4. The Bertz CT molecular complexity index is 795. The zero-order valence-electron chi connectivity index (χ0n) is 17.3. The summed E-state index contributed by atoms with van der Waals surface area (Å²) < 4.78 is 5.49. The third-order valence-corrected chi connectivity index (χ3v) is 6.23. The number of likely N-dealkylation sites (tertiary alicyclic amines) is 1. The monoisotopic (exact) mass is 393 g/mol. The van der Waals surface area contributed by atoms with Gasteiger partial charge in [0.25, 0.3) is 0 Å². The minimum absolute atomic E-state index is 0.211. The first-order valence-corrected chi connectivity index (χ1v) is 10.7. The number of anilines is 1. The molecule has 2 aromatic rings. The highest BCUT2D eigenvalue weighted by molar-refractivity contribution is 5.75. The maximum Gasteiger partial charge on any atom is 0.320 e. The number of para-hydroxylation sites is 2. The summed E-state index contributed by atoms with van der Waals surface area (Å²) in [7, 11) is 1.71. The number of rotatable bonds is 4. The van der Waals surface area contributed by atoms with E-state index >= 15 is 0 Å². The fourth-order valence-electron chi connectivity index (χ4n) is 4.51. The molecule has 0 spiro atoms. The predicted molar refractivity (Wildman–Crippen MR) is 117 cm³/mol. The largest absolute Gasteiger partial charge is 0.495 e. The Kier molecular flexibility index (Phi) is 6.23. The number of nitrogens with zero attached hydrogens (tertiary/aromatic N) is 3. The van der Waals surface area contributed by atoms with Crippen LogP contribution >= 0.6 is 0 Å². The summed E-state index contributed by atoms with van der Waals surface area (Å²) in [5, 5.41) is 0. The van der Waals surface area contributed by atoms with Crippen molar-refractivity contribution in [3.63, 3.8) is 0 Å². The fourth-order valence-corrected chi connectivity index (χ4v) is 4.51. The maximum atomic E-state index is 13.0. The van der Waals surface area contributed by atoms with Gasteiger partial charge in [0.15, 0.2) is 0 Å². The second kappa shape index (κ2) is 9.21. The van der Waals surface area contributed by atoms with E-state index in [-0.39, 0.29) is 6.03 Å². The average Bonchev–Trinajstić information content (AvgIpc) is 2.80. The van der Waals surface area contributed by atoms with E-state index < -0.39 is 0 Å². The first-order chi connectivity index (χ1) is 14.2. The van der Waals surface area contributed by atoms with Crippen LogP contribution < -0.4 is 9.64 Å². The highest BCUT2D eigenvalue weighted by atomic mass is 16.5. The number of carbonyl (C=O) groups excluding carboxylic acids is 1. The summed E-state index contributed by atoms with van der Waals surface area (Å²) >= 11 is 0. The van der Waals surface area contributed by atoms with E-state index in [0.29, 0.717) is 5.92 Å². The molecule has 154 valence electrons. The van der Waals surface area contributed by atoms with Crippen molar-refractivity contribution in [2.24, 2.45) is 5.92 Å². The van der Waals surface area contributed by atoms with Gasteiger partial charge in [-0.2, -0.15) is 0 Å². The SMILES string of the molecule is COc1ccccc1N1CCN(C(=O)N2CCC(Cc3ccccc3)CC2)CC1. The van der Waals surface area contributed by atoms with Crippen LogP contribution in [0, 0.1) is 5.92 Å². The van der Waals surface area contributed by atoms with Gasteiger partial charge in [0, 0.05) is 39.3 Å². The van der Waals surface area contributed by atoms with Crippen molar-refractivity contribution >= 4 is 11.7 Å². The van der Waals surface area contributed by atoms with E-state index in [1.165, 1.54) is 5.56 Å². The Hall–Kier alpha value is -2.69. The summed E-state index contributed by atoms with van der Waals surface area (Å²) in [6.07, 6.45) is 3.32. The zero-order chi connectivity index (χ0) is 20.1. The number of hydrogen-bond acceptors (Lipinski definition) is 3. The number of benzene rings is 2. The molecule has 2 amide bonds. The molecule has 5 nitrogen and oxygen atoms in total. The summed E-state index contributed by atoms with van der Waals surface area (Å²) in [6.45, 7) is 4.97. The molecule has 0 atom stereocenters. The number of piperidine rings is 1. The highest BCUT2D eigenvalue weighted by Crippen LogP contribution is 2.29. The van der Waals surface area contributed by atoms with Gasteiger partial charge in [-0.05, 0) is 42.9 Å². The lowest BCUT2D eigenvalue weighted by Gasteiger charge is -2.40. The number of amides is 2. The molecule has 0 saturated carbocycles. The van der Waals surface area contributed by atoms with Crippen molar-refractivity contribution in [1.82, 2.24) is 9.80 Å². The van der Waals surface area contributed by atoms with Gasteiger partial charge in [-0.25, -0.2) is 4.79 Å². The zero-order valence-corrected chi connectivity index (χ0v) is 17.3. The quantitative estimate of drug-likeness (QED) is 0.791. The lowest BCUT2D eigenvalue weighted by Crippen LogP contribution is -2.54. The molecule has 4 rings (SSSR count). The molecule has 2 saturated heterocycles. The van der Waals surface area contributed by atoms with Crippen molar-refractivity contribution in [3.8, 4) is 5.75 Å². The third-order valence-electron chi connectivity index (χ3n) is 6.23. The number of methoxy groups -OCH3 is 1. The Balaban J connectivity index is 1.26. The predicted octanol–water partition coefficient (Wildman–Crippen LogP) is 3.89. The van der Waals surface area contributed by atoms with E-state index in [2.05, 4.69) is 46.2 Å². The van der Waals surface area contributed by atoms with Gasteiger partial charge in [-0.3, -0.25) is 0 Å². The van der Waals surface area contributed by atoms with E-state index in [1.54, 1.807) is 7.11 Å². The lowest BCUT2D eigenvalue weighted by atomic mass is 9.90. The van der Waals surface area contributed by atoms with Crippen molar-refractivity contribution < 1.29 is 9.53 Å². The van der Waals surface area contributed by atoms with Crippen LogP contribution in [0.4, 0.5) is 10.5 Å². The first kappa shape index (κ1) is 19.6.